The minimum atomic E-state index is -3.37. The molecule has 0 bridgehead atoms. The molecule has 1 aromatic rings. The molecule has 0 saturated heterocycles. The van der Waals surface area contributed by atoms with Crippen molar-refractivity contribution >= 4 is 9.84 Å². The number of aryl methyl sites for hydroxylation is 1. The Bertz CT molecular complexity index is 561. The molecule has 3 heteroatoms. The molecule has 0 aliphatic heterocycles. The molecule has 1 rings (SSSR count). The lowest BCUT2D eigenvalue weighted by Crippen LogP contribution is -2.09. The van der Waals surface area contributed by atoms with Gasteiger partial charge < -0.3 is 0 Å². The molecule has 0 aromatic heterocycles. The first-order valence-electron chi connectivity index (χ1n) is 5.82. The summed E-state index contributed by atoms with van der Waals surface area (Å²) in [6.07, 6.45) is 1.69. The molecule has 0 atom stereocenters. The van der Waals surface area contributed by atoms with Gasteiger partial charge in [0.1, 0.15) is 0 Å². The molecular weight excluding hydrogens is 244 g/mol. The molecule has 0 radical (unpaired) electrons. The zero-order valence-corrected chi connectivity index (χ0v) is 12.2. The van der Waals surface area contributed by atoms with Crippen LogP contribution >= 0.6 is 0 Å². The third-order valence-electron chi connectivity index (χ3n) is 3.11. The normalized spacial score (nSPS) is 12.9. The average molecular weight is 264 g/mol. The highest BCUT2D eigenvalue weighted by molar-refractivity contribution is 7.94. The molecular formula is C15H20O2S. The van der Waals surface area contributed by atoms with E-state index in [0.717, 1.165) is 11.1 Å². The van der Waals surface area contributed by atoms with Crippen molar-refractivity contribution < 1.29 is 8.42 Å². The van der Waals surface area contributed by atoms with Gasteiger partial charge in [0.25, 0.3) is 0 Å². The maximum absolute atomic E-state index is 12.1. The summed E-state index contributed by atoms with van der Waals surface area (Å²) in [5.41, 5.74) is 1.65. The molecule has 0 aliphatic rings. The zero-order valence-electron chi connectivity index (χ0n) is 11.4. The van der Waals surface area contributed by atoms with E-state index in [1.165, 1.54) is 5.41 Å². The molecule has 0 heterocycles. The predicted molar refractivity (Wildman–Crippen MR) is 76.1 cm³/mol. The lowest BCUT2D eigenvalue weighted by Gasteiger charge is -2.19. The molecule has 0 N–H and O–H groups in total. The number of sulfone groups is 1. The lowest BCUT2D eigenvalue weighted by atomic mass is 9.87. The molecule has 0 spiro atoms. The van der Waals surface area contributed by atoms with E-state index in [4.69, 9.17) is 0 Å². The Labute approximate surface area is 110 Å². The first-order chi connectivity index (χ1) is 8.15. The Morgan fingerprint density at radius 2 is 1.72 bits per heavy atom. The maximum atomic E-state index is 12.1. The monoisotopic (exact) mass is 264 g/mol. The van der Waals surface area contributed by atoms with E-state index in [1.807, 2.05) is 27.7 Å². The van der Waals surface area contributed by atoms with Crippen LogP contribution < -0.4 is 0 Å². The van der Waals surface area contributed by atoms with Crippen molar-refractivity contribution in [3.63, 3.8) is 0 Å². The van der Waals surface area contributed by atoms with Crippen LogP contribution in [-0.4, -0.2) is 8.42 Å². The summed E-state index contributed by atoms with van der Waals surface area (Å²) in [6.45, 7) is 11.6. The molecule has 0 amide bonds. The Kier molecular flexibility index (Phi) is 4.17. The molecule has 0 saturated carbocycles. The van der Waals surface area contributed by atoms with Gasteiger partial charge in [-0.15, -0.1) is 0 Å². The number of benzene rings is 1. The minimum absolute atomic E-state index is 0.321. The van der Waals surface area contributed by atoms with E-state index in [9.17, 15) is 8.42 Å². The van der Waals surface area contributed by atoms with Crippen molar-refractivity contribution in [1.82, 2.24) is 0 Å². The smallest absolute Gasteiger partial charge is 0.199 e. The van der Waals surface area contributed by atoms with Crippen LogP contribution in [0.15, 0.2) is 52.8 Å². The molecule has 0 unspecified atom stereocenters. The molecule has 0 aliphatic carbocycles. The van der Waals surface area contributed by atoms with Crippen molar-refractivity contribution in [2.45, 2.75) is 32.6 Å². The van der Waals surface area contributed by atoms with E-state index in [1.54, 1.807) is 30.3 Å². The van der Waals surface area contributed by atoms with E-state index >= 15 is 0 Å². The van der Waals surface area contributed by atoms with Crippen molar-refractivity contribution in [3.8, 4) is 0 Å². The first kappa shape index (κ1) is 14.7. The van der Waals surface area contributed by atoms with Gasteiger partial charge >= 0.3 is 0 Å². The summed E-state index contributed by atoms with van der Waals surface area (Å²) in [5, 5.41) is 1.27. The first-order valence-corrected chi connectivity index (χ1v) is 7.37. The molecule has 1 aromatic carbocycles. The maximum Gasteiger partial charge on any atom is 0.199 e. The van der Waals surface area contributed by atoms with Crippen LogP contribution in [0.5, 0.6) is 0 Å². The zero-order chi connectivity index (χ0) is 14.0. The van der Waals surface area contributed by atoms with Crippen LogP contribution in [0.4, 0.5) is 0 Å². The summed E-state index contributed by atoms with van der Waals surface area (Å²) in [7, 11) is -3.37. The summed E-state index contributed by atoms with van der Waals surface area (Å²) in [4.78, 5) is 0.321. The van der Waals surface area contributed by atoms with Gasteiger partial charge in [-0.25, -0.2) is 8.42 Å². The van der Waals surface area contributed by atoms with Crippen LogP contribution in [0.3, 0.4) is 0 Å². The number of rotatable bonds is 4. The van der Waals surface area contributed by atoms with Crippen LogP contribution in [-0.2, 0) is 9.84 Å². The second kappa shape index (κ2) is 5.11. The van der Waals surface area contributed by atoms with E-state index in [-0.39, 0.29) is 5.41 Å². The van der Waals surface area contributed by atoms with Crippen LogP contribution in [0.25, 0.3) is 0 Å². The van der Waals surface area contributed by atoms with Gasteiger partial charge in [0.15, 0.2) is 9.84 Å². The molecule has 0 fully saturated rings. The fourth-order valence-corrected chi connectivity index (χ4v) is 2.40. The van der Waals surface area contributed by atoms with Crippen molar-refractivity contribution in [2.75, 3.05) is 0 Å². The highest BCUT2D eigenvalue weighted by Gasteiger charge is 2.17. The van der Waals surface area contributed by atoms with Gasteiger partial charge in [-0.2, -0.15) is 0 Å². The van der Waals surface area contributed by atoms with Gasteiger partial charge in [-0.05, 0) is 26.0 Å². The highest BCUT2D eigenvalue weighted by Crippen LogP contribution is 2.27. The summed E-state index contributed by atoms with van der Waals surface area (Å²) in [5.74, 6) is 0. The van der Waals surface area contributed by atoms with Crippen molar-refractivity contribution in [1.29, 1.82) is 0 Å². The van der Waals surface area contributed by atoms with Gasteiger partial charge in [0.2, 0.25) is 0 Å². The van der Waals surface area contributed by atoms with Gasteiger partial charge in [-0.3, -0.25) is 0 Å². The Morgan fingerprint density at radius 1 is 1.22 bits per heavy atom. The van der Waals surface area contributed by atoms with E-state index in [0.29, 0.717) is 4.90 Å². The quantitative estimate of drug-likeness (QED) is 0.773. The average Bonchev–Trinajstić information content (AvgIpc) is 2.27. The Hall–Kier alpha value is -1.35. The number of hydrogen-bond donors (Lipinski definition) is 0. The molecule has 2 nitrogen and oxygen atoms in total. The van der Waals surface area contributed by atoms with Gasteiger partial charge in [0, 0.05) is 10.8 Å². The standard InChI is InChI=1S/C15H20O2S/c1-12(2)15(4,5)10-11-18(16,17)14-8-6-13(3)7-9-14/h6-11H,1H2,2-5H3/b11-10+. The second-order valence-corrected chi connectivity index (χ2v) is 7.00. The predicted octanol–water partition coefficient (Wildman–Crippen LogP) is 3.88. The largest absolute Gasteiger partial charge is 0.219 e. The Morgan fingerprint density at radius 3 is 2.17 bits per heavy atom. The molecule has 18 heavy (non-hydrogen) atoms. The molecule has 98 valence electrons. The fraction of sp³-hybridized carbons (Fsp3) is 0.333. The van der Waals surface area contributed by atoms with Crippen LogP contribution in [0.1, 0.15) is 26.3 Å². The lowest BCUT2D eigenvalue weighted by molar-refractivity contribution is 0.579. The summed E-state index contributed by atoms with van der Waals surface area (Å²) in [6, 6.07) is 6.85. The van der Waals surface area contributed by atoms with Crippen LogP contribution in [0, 0.1) is 12.3 Å². The topological polar surface area (TPSA) is 34.1 Å². The second-order valence-electron chi connectivity index (χ2n) is 5.16. The van der Waals surface area contributed by atoms with Gasteiger partial charge in [0.05, 0.1) is 4.90 Å². The summed E-state index contributed by atoms with van der Waals surface area (Å²) < 4.78 is 24.2. The van der Waals surface area contributed by atoms with Crippen molar-refractivity contribution in [3.05, 3.63) is 53.5 Å². The number of hydrogen-bond acceptors (Lipinski definition) is 2. The van der Waals surface area contributed by atoms with E-state index < -0.39 is 9.84 Å². The van der Waals surface area contributed by atoms with Crippen LogP contribution in [0.2, 0.25) is 0 Å². The van der Waals surface area contributed by atoms with E-state index in [2.05, 4.69) is 6.58 Å². The fourth-order valence-electron chi connectivity index (χ4n) is 1.21. The highest BCUT2D eigenvalue weighted by atomic mass is 32.2. The summed E-state index contributed by atoms with van der Waals surface area (Å²) >= 11 is 0. The Balaban J connectivity index is 3.06. The third-order valence-corrected chi connectivity index (χ3v) is 4.54. The number of allylic oxidation sites excluding steroid dienone is 2. The van der Waals surface area contributed by atoms with Gasteiger partial charge in [-0.1, -0.05) is 49.8 Å². The third kappa shape index (κ3) is 3.57. The van der Waals surface area contributed by atoms with Crippen molar-refractivity contribution in [2.24, 2.45) is 5.41 Å². The SMILES string of the molecule is C=C(C)C(C)(C)/C=C/S(=O)(=O)c1ccc(C)cc1. The minimum Gasteiger partial charge on any atom is -0.219 e.